The van der Waals surface area contributed by atoms with Crippen LogP contribution in [0.4, 0.5) is 5.69 Å². The maximum absolute atomic E-state index is 12.7. The van der Waals surface area contributed by atoms with E-state index in [1.54, 1.807) is 0 Å². The summed E-state index contributed by atoms with van der Waals surface area (Å²) in [6.45, 7) is 4.34. The average molecular weight is 434 g/mol. The Bertz CT molecular complexity index is 1120. The maximum atomic E-state index is 12.7. The fourth-order valence-corrected chi connectivity index (χ4v) is 4.85. The Kier molecular flexibility index (Phi) is 5.87. The lowest BCUT2D eigenvalue weighted by molar-refractivity contribution is -0.114. The number of nitrogens with two attached hydrogens (primary N) is 1. The summed E-state index contributed by atoms with van der Waals surface area (Å²) in [7, 11) is 2.03. The van der Waals surface area contributed by atoms with E-state index in [1.165, 1.54) is 27.7 Å². The SMILES string of the molecule is CN1C(=CC(=O)CCCSc2nnc(-c3ccccc3)n2N)C(C)(C)c2ccccc21. The molecule has 7 heteroatoms. The van der Waals surface area contributed by atoms with Gasteiger partial charge in [0.25, 0.3) is 0 Å². The average Bonchev–Trinajstić information content (AvgIpc) is 3.23. The number of carbonyl (C=O) groups excluding carboxylic acids is 1. The third kappa shape index (κ3) is 4.10. The molecule has 0 bridgehead atoms. The summed E-state index contributed by atoms with van der Waals surface area (Å²) in [5, 5.41) is 9.04. The van der Waals surface area contributed by atoms with Crippen LogP contribution < -0.4 is 10.7 Å². The van der Waals surface area contributed by atoms with Crippen LogP contribution in [0, 0.1) is 0 Å². The Morgan fingerprint density at radius 3 is 2.55 bits per heavy atom. The van der Waals surface area contributed by atoms with Crippen LogP contribution in [0.2, 0.25) is 0 Å². The summed E-state index contributed by atoms with van der Waals surface area (Å²) < 4.78 is 1.51. The number of aromatic nitrogens is 3. The number of benzene rings is 2. The number of hydrogen-bond donors (Lipinski definition) is 1. The quantitative estimate of drug-likeness (QED) is 0.257. The maximum Gasteiger partial charge on any atom is 0.210 e. The van der Waals surface area contributed by atoms with Gasteiger partial charge in [0.15, 0.2) is 11.6 Å². The van der Waals surface area contributed by atoms with E-state index in [9.17, 15) is 4.79 Å². The third-order valence-electron chi connectivity index (χ3n) is 5.73. The van der Waals surface area contributed by atoms with Crippen molar-refractivity contribution in [3.05, 3.63) is 71.9 Å². The first-order valence-electron chi connectivity index (χ1n) is 10.4. The number of hydrogen-bond acceptors (Lipinski definition) is 6. The van der Waals surface area contributed by atoms with Gasteiger partial charge < -0.3 is 10.7 Å². The molecule has 160 valence electrons. The molecule has 0 aliphatic carbocycles. The number of nitrogen functional groups attached to an aromatic ring is 1. The Morgan fingerprint density at radius 1 is 1.10 bits per heavy atom. The summed E-state index contributed by atoms with van der Waals surface area (Å²) in [6.07, 6.45) is 3.04. The number of likely N-dealkylation sites (N-methyl/N-ethyl adjacent to an activating group) is 1. The second-order valence-electron chi connectivity index (χ2n) is 8.19. The van der Waals surface area contributed by atoms with Gasteiger partial charge >= 0.3 is 0 Å². The number of fused-ring (bicyclic) bond motifs is 1. The molecule has 0 saturated carbocycles. The van der Waals surface area contributed by atoms with Gasteiger partial charge in [-0.15, -0.1) is 10.2 Å². The van der Waals surface area contributed by atoms with Gasteiger partial charge in [0, 0.05) is 47.7 Å². The lowest BCUT2D eigenvalue weighted by atomic mass is 9.83. The van der Waals surface area contributed by atoms with Gasteiger partial charge in [0.2, 0.25) is 5.16 Å². The lowest BCUT2D eigenvalue weighted by Gasteiger charge is -2.23. The van der Waals surface area contributed by atoms with Crippen molar-refractivity contribution >= 4 is 23.2 Å². The smallest absolute Gasteiger partial charge is 0.210 e. The largest absolute Gasteiger partial charge is 0.347 e. The van der Waals surface area contributed by atoms with Crippen molar-refractivity contribution in [1.82, 2.24) is 14.9 Å². The molecule has 0 spiro atoms. The summed E-state index contributed by atoms with van der Waals surface area (Å²) >= 11 is 1.52. The van der Waals surface area contributed by atoms with Crippen molar-refractivity contribution < 1.29 is 4.79 Å². The molecule has 0 amide bonds. The van der Waals surface area contributed by atoms with Gasteiger partial charge in [-0.05, 0) is 18.1 Å². The van der Waals surface area contributed by atoms with E-state index < -0.39 is 0 Å². The number of thioether (sulfide) groups is 1. The van der Waals surface area contributed by atoms with E-state index in [0.717, 1.165) is 23.4 Å². The zero-order valence-corrected chi connectivity index (χ0v) is 18.9. The molecule has 0 unspecified atom stereocenters. The molecule has 0 radical (unpaired) electrons. The van der Waals surface area contributed by atoms with E-state index in [0.29, 0.717) is 17.4 Å². The molecule has 0 atom stereocenters. The van der Waals surface area contributed by atoms with Crippen LogP contribution in [0.15, 0.2) is 71.5 Å². The number of para-hydroxylation sites is 1. The molecular formula is C24H27N5OS. The highest BCUT2D eigenvalue weighted by Gasteiger charge is 2.38. The minimum absolute atomic E-state index is 0.141. The van der Waals surface area contributed by atoms with Crippen LogP contribution in [0.5, 0.6) is 0 Å². The van der Waals surface area contributed by atoms with Gasteiger partial charge in [0.1, 0.15) is 0 Å². The first-order chi connectivity index (χ1) is 14.9. The van der Waals surface area contributed by atoms with Gasteiger partial charge in [-0.25, -0.2) is 4.68 Å². The predicted molar refractivity (Wildman–Crippen MR) is 127 cm³/mol. The zero-order valence-electron chi connectivity index (χ0n) is 18.1. The van der Waals surface area contributed by atoms with Crippen LogP contribution >= 0.6 is 11.8 Å². The topological polar surface area (TPSA) is 77.0 Å². The summed E-state index contributed by atoms with van der Waals surface area (Å²) in [4.78, 5) is 14.8. The molecule has 0 fully saturated rings. The van der Waals surface area contributed by atoms with Gasteiger partial charge in [-0.3, -0.25) is 4.79 Å². The van der Waals surface area contributed by atoms with Gasteiger partial charge in [-0.1, -0.05) is 74.1 Å². The standard InChI is InChI=1S/C24H27N5OS/c1-24(2)19-13-7-8-14-20(19)28(3)21(24)16-18(30)12-9-15-31-23-27-26-22(29(23)25)17-10-5-4-6-11-17/h4-8,10-11,13-14,16H,9,12,15,25H2,1-3H3. The molecule has 6 nitrogen and oxygen atoms in total. The van der Waals surface area contributed by atoms with E-state index in [-0.39, 0.29) is 11.2 Å². The van der Waals surface area contributed by atoms with Gasteiger partial charge in [-0.2, -0.15) is 0 Å². The fraction of sp³-hybridized carbons (Fsp3) is 0.292. The molecule has 1 aromatic heterocycles. The normalized spacial score (nSPS) is 16.0. The lowest BCUT2D eigenvalue weighted by Crippen LogP contribution is -2.24. The molecule has 1 aliphatic rings. The highest BCUT2D eigenvalue weighted by atomic mass is 32.2. The number of allylic oxidation sites excluding steroid dienone is 2. The van der Waals surface area contributed by atoms with E-state index in [1.807, 2.05) is 49.5 Å². The Hall–Kier alpha value is -3.06. The third-order valence-corrected chi connectivity index (χ3v) is 6.76. The molecule has 2 heterocycles. The summed E-state index contributed by atoms with van der Waals surface area (Å²) in [6, 6.07) is 18.1. The van der Waals surface area contributed by atoms with E-state index in [2.05, 4.69) is 47.1 Å². The van der Waals surface area contributed by atoms with Crippen molar-refractivity contribution in [1.29, 1.82) is 0 Å². The predicted octanol–water partition coefficient (Wildman–Crippen LogP) is 4.41. The Labute approximate surface area is 187 Å². The van der Waals surface area contributed by atoms with Crippen molar-refractivity contribution in [3.8, 4) is 11.4 Å². The number of anilines is 1. The Balaban J connectivity index is 1.34. The monoisotopic (exact) mass is 433 g/mol. The Morgan fingerprint density at radius 2 is 1.81 bits per heavy atom. The molecule has 4 rings (SSSR count). The number of carbonyl (C=O) groups is 1. The molecule has 2 aromatic carbocycles. The van der Waals surface area contributed by atoms with Crippen LogP contribution in [-0.2, 0) is 10.2 Å². The highest BCUT2D eigenvalue weighted by molar-refractivity contribution is 7.99. The molecule has 0 saturated heterocycles. The van der Waals surface area contributed by atoms with Crippen molar-refractivity contribution in [2.45, 2.75) is 37.3 Å². The van der Waals surface area contributed by atoms with Gasteiger partial charge in [0.05, 0.1) is 0 Å². The zero-order chi connectivity index (χ0) is 22.0. The fourth-order valence-electron chi connectivity index (χ4n) is 4.05. The van der Waals surface area contributed by atoms with E-state index >= 15 is 0 Å². The van der Waals surface area contributed by atoms with Crippen LogP contribution in [0.3, 0.4) is 0 Å². The molecule has 31 heavy (non-hydrogen) atoms. The first kappa shape index (κ1) is 21.2. The highest BCUT2D eigenvalue weighted by Crippen LogP contribution is 2.46. The minimum atomic E-state index is -0.181. The first-order valence-corrected chi connectivity index (χ1v) is 11.3. The molecule has 3 aromatic rings. The summed E-state index contributed by atoms with van der Waals surface area (Å²) in [5.41, 5.74) is 4.21. The second-order valence-corrected chi connectivity index (χ2v) is 9.25. The minimum Gasteiger partial charge on any atom is -0.347 e. The molecular weight excluding hydrogens is 406 g/mol. The number of ketones is 1. The van der Waals surface area contributed by atoms with Crippen molar-refractivity contribution in [2.24, 2.45) is 0 Å². The van der Waals surface area contributed by atoms with Crippen LogP contribution in [0.25, 0.3) is 11.4 Å². The molecule has 1 aliphatic heterocycles. The molecule has 2 N–H and O–H groups in total. The van der Waals surface area contributed by atoms with Crippen LogP contribution in [0.1, 0.15) is 32.3 Å². The second kappa shape index (κ2) is 8.59. The van der Waals surface area contributed by atoms with Crippen molar-refractivity contribution in [3.63, 3.8) is 0 Å². The van der Waals surface area contributed by atoms with Crippen LogP contribution in [-0.4, -0.2) is 33.5 Å². The van der Waals surface area contributed by atoms with E-state index in [4.69, 9.17) is 5.84 Å². The summed E-state index contributed by atoms with van der Waals surface area (Å²) in [5.74, 6) is 7.69. The number of nitrogens with zero attached hydrogens (tertiary/aromatic N) is 4. The van der Waals surface area contributed by atoms with Crippen molar-refractivity contribution in [2.75, 3.05) is 23.5 Å². The number of rotatable bonds is 7.